The third-order valence-corrected chi connectivity index (χ3v) is 4.59. The highest BCUT2D eigenvalue weighted by Crippen LogP contribution is 2.32. The summed E-state index contributed by atoms with van der Waals surface area (Å²) in [6, 6.07) is 9.35. The van der Waals surface area contributed by atoms with Crippen molar-refractivity contribution in [3.63, 3.8) is 0 Å². The van der Waals surface area contributed by atoms with Crippen molar-refractivity contribution in [3.05, 3.63) is 67.3 Å². The predicted molar refractivity (Wildman–Crippen MR) is 98.5 cm³/mol. The molecule has 0 fully saturated rings. The minimum Gasteiger partial charge on any atom is -0.386 e. The zero-order valence-corrected chi connectivity index (χ0v) is 14.8. The smallest absolute Gasteiger partial charge is 0.236 e. The SMILES string of the molecule is C=C/C=C(\C=C)C(O)C(C)NC(=O)C(C)(C)Sc1ccccc1. The summed E-state index contributed by atoms with van der Waals surface area (Å²) >= 11 is 1.49. The molecule has 1 amide bonds. The molecule has 0 bridgehead atoms. The molecule has 2 N–H and O–H groups in total. The lowest BCUT2D eigenvalue weighted by molar-refractivity contribution is -0.123. The molecule has 0 aromatic heterocycles. The molecule has 23 heavy (non-hydrogen) atoms. The monoisotopic (exact) mass is 331 g/mol. The Morgan fingerprint density at radius 3 is 2.43 bits per heavy atom. The Labute approximate surface area is 143 Å². The number of hydrogen-bond acceptors (Lipinski definition) is 3. The van der Waals surface area contributed by atoms with E-state index in [0.717, 1.165) is 4.90 Å². The summed E-state index contributed by atoms with van der Waals surface area (Å²) in [6.07, 6.45) is 4.01. The predicted octanol–water partition coefficient (Wildman–Crippen LogP) is 3.72. The van der Waals surface area contributed by atoms with Gasteiger partial charge in [-0.1, -0.05) is 49.6 Å². The van der Waals surface area contributed by atoms with E-state index in [0.29, 0.717) is 5.57 Å². The van der Waals surface area contributed by atoms with Crippen molar-refractivity contribution in [2.75, 3.05) is 0 Å². The number of aliphatic hydroxyl groups is 1. The zero-order valence-electron chi connectivity index (χ0n) is 14.0. The van der Waals surface area contributed by atoms with E-state index in [4.69, 9.17) is 0 Å². The maximum atomic E-state index is 12.5. The van der Waals surface area contributed by atoms with E-state index in [2.05, 4.69) is 18.5 Å². The Bertz CT molecular complexity index is 578. The average molecular weight is 331 g/mol. The quantitative estimate of drug-likeness (QED) is 0.564. The summed E-state index contributed by atoms with van der Waals surface area (Å²) in [6.45, 7) is 12.8. The molecule has 0 radical (unpaired) electrons. The molecule has 0 heterocycles. The molecule has 0 saturated heterocycles. The van der Waals surface area contributed by atoms with Gasteiger partial charge in [-0.05, 0) is 38.5 Å². The van der Waals surface area contributed by atoms with Crippen molar-refractivity contribution >= 4 is 17.7 Å². The van der Waals surface area contributed by atoms with E-state index in [1.54, 1.807) is 25.2 Å². The van der Waals surface area contributed by atoms with E-state index in [-0.39, 0.29) is 5.91 Å². The summed E-state index contributed by atoms with van der Waals surface area (Å²) in [5.74, 6) is -0.125. The average Bonchev–Trinajstić information content (AvgIpc) is 2.52. The number of amides is 1. The molecular weight excluding hydrogens is 306 g/mol. The van der Waals surface area contributed by atoms with E-state index in [1.807, 2.05) is 44.2 Å². The summed E-state index contributed by atoms with van der Waals surface area (Å²) in [4.78, 5) is 13.6. The van der Waals surface area contributed by atoms with Gasteiger partial charge in [-0.3, -0.25) is 4.79 Å². The normalized spacial score (nSPS) is 14.7. The Kier molecular flexibility index (Phi) is 7.33. The number of allylic oxidation sites excluding steroid dienone is 2. The number of hydrogen-bond donors (Lipinski definition) is 2. The fourth-order valence-corrected chi connectivity index (χ4v) is 3.04. The van der Waals surface area contributed by atoms with Gasteiger partial charge < -0.3 is 10.4 Å². The molecule has 1 aromatic carbocycles. The molecule has 0 aliphatic heterocycles. The molecule has 1 rings (SSSR count). The molecule has 0 spiro atoms. The van der Waals surface area contributed by atoms with Crippen LogP contribution in [0, 0.1) is 0 Å². The second-order valence-corrected chi connectivity index (χ2v) is 7.44. The lowest BCUT2D eigenvalue weighted by Crippen LogP contribution is -2.48. The van der Waals surface area contributed by atoms with Crippen LogP contribution in [0.5, 0.6) is 0 Å². The van der Waals surface area contributed by atoms with Crippen molar-refractivity contribution < 1.29 is 9.90 Å². The summed E-state index contributed by atoms with van der Waals surface area (Å²) < 4.78 is -0.647. The first-order chi connectivity index (χ1) is 10.8. The second kappa shape index (κ2) is 8.75. The largest absolute Gasteiger partial charge is 0.386 e. The number of thioether (sulfide) groups is 1. The van der Waals surface area contributed by atoms with Gasteiger partial charge in [0.15, 0.2) is 0 Å². The molecule has 2 atom stereocenters. The molecular formula is C19H25NO2S. The van der Waals surface area contributed by atoms with Gasteiger partial charge in [-0.25, -0.2) is 0 Å². The Balaban J connectivity index is 2.75. The van der Waals surface area contributed by atoms with Crippen LogP contribution in [-0.2, 0) is 4.79 Å². The molecule has 2 unspecified atom stereocenters. The van der Waals surface area contributed by atoms with Crippen molar-refractivity contribution in [2.24, 2.45) is 0 Å². The highest BCUT2D eigenvalue weighted by atomic mass is 32.2. The van der Waals surface area contributed by atoms with Crippen LogP contribution in [0.1, 0.15) is 20.8 Å². The first kappa shape index (κ1) is 19.3. The summed E-state index contributed by atoms with van der Waals surface area (Å²) in [5.41, 5.74) is 0.626. The van der Waals surface area contributed by atoms with Crippen LogP contribution in [0.25, 0.3) is 0 Å². The van der Waals surface area contributed by atoms with Crippen molar-refractivity contribution in [1.82, 2.24) is 5.32 Å². The Morgan fingerprint density at radius 1 is 1.30 bits per heavy atom. The fourth-order valence-electron chi connectivity index (χ4n) is 2.00. The number of carbonyl (C=O) groups excluding carboxylic acids is 1. The summed E-state index contributed by atoms with van der Waals surface area (Å²) in [5, 5.41) is 13.2. The van der Waals surface area contributed by atoms with Gasteiger partial charge >= 0.3 is 0 Å². The minimum absolute atomic E-state index is 0.125. The van der Waals surface area contributed by atoms with E-state index >= 15 is 0 Å². The van der Waals surface area contributed by atoms with Crippen LogP contribution in [0.3, 0.4) is 0 Å². The first-order valence-electron chi connectivity index (χ1n) is 7.50. The van der Waals surface area contributed by atoms with Crippen molar-refractivity contribution in [2.45, 2.75) is 42.6 Å². The molecule has 4 heteroatoms. The van der Waals surface area contributed by atoms with Gasteiger partial charge in [0, 0.05) is 4.90 Å². The van der Waals surface area contributed by atoms with Crippen LogP contribution in [0.2, 0.25) is 0 Å². The van der Waals surface area contributed by atoms with Crippen molar-refractivity contribution in [3.8, 4) is 0 Å². The van der Waals surface area contributed by atoms with E-state index in [1.165, 1.54) is 11.8 Å². The van der Waals surface area contributed by atoms with Gasteiger partial charge in [0.25, 0.3) is 0 Å². The van der Waals surface area contributed by atoms with Gasteiger partial charge in [0.05, 0.1) is 16.9 Å². The van der Waals surface area contributed by atoms with E-state index < -0.39 is 16.9 Å². The zero-order chi connectivity index (χ0) is 17.5. The standard InChI is InChI=1S/C19H25NO2S/c1-6-11-15(7-2)17(21)14(3)20-18(22)19(4,5)23-16-12-9-8-10-13-16/h6-14,17,21H,1-2H2,3-5H3,(H,20,22)/b15-11+. The highest BCUT2D eigenvalue weighted by molar-refractivity contribution is 8.01. The Morgan fingerprint density at radius 2 is 1.91 bits per heavy atom. The molecule has 0 aliphatic carbocycles. The third-order valence-electron chi connectivity index (χ3n) is 3.38. The second-order valence-electron chi connectivity index (χ2n) is 5.74. The van der Waals surface area contributed by atoms with Crippen LogP contribution in [0.4, 0.5) is 0 Å². The highest BCUT2D eigenvalue weighted by Gasteiger charge is 2.31. The number of carbonyl (C=O) groups is 1. The van der Waals surface area contributed by atoms with Gasteiger partial charge in [0.1, 0.15) is 0 Å². The fraction of sp³-hybridized carbons (Fsp3) is 0.316. The maximum absolute atomic E-state index is 12.5. The molecule has 0 aliphatic rings. The van der Waals surface area contributed by atoms with Crippen LogP contribution in [-0.4, -0.2) is 27.9 Å². The minimum atomic E-state index is -0.827. The number of rotatable bonds is 8. The molecule has 124 valence electrons. The summed E-state index contributed by atoms with van der Waals surface area (Å²) in [7, 11) is 0. The Hall–Kier alpha value is -1.78. The lowest BCUT2D eigenvalue weighted by atomic mass is 10.0. The molecule has 0 saturated carbocycles. The first-order valence-corrected chi connectivity index (χ1v) is 8.31. The van der Waals surface area contributed by atoms with E-state index in [9.17, 15) is 9.90 Å². The van der Waals surface area contributed by atoms with Crippen LogP contribution in [0.15, 0.2) is 72.2 Å². The maximum Gasteiger partial charge on any atom is 0.236 e. The number of benzene rings is 1. The molecule has 3 nitrogen and oxygen atoms in total. The van der Waals surface area contributed by atoms with Crippen LogP contribution < -0.4 is 5.32 Å². The van der Waals surface area contributed by atoms with Gasteiger partial charge in [-0.2, -0.15) is 0 Å². The third kappa shape index (κ3) is 5.73. The molecule has 1 aromatic rings. The van der Waals surface area contributed by atoms with Crippen molar-refractivity contribution in [1.29, 1.82) is 0 Å². The topological polar surface area (TPSA) is 49.3 Å². The van der Waals surface area contributed by atoms with Gasteiger partial charge in [-0.15, -0.1) is 11.8 Å². The van der Waals surface area contributed by atoms with Gasteiger partial charge in [0.2, 0.25) is 5.91 Å². The number of nitrogens with one attached hydrogen (secondary N) is 1. The van der Waals surface area contributed by atoms with Crippen LogP contribution >= 0.6 is 11.8 Å². The number of aliphatic hydroxyl groups excluding tert-OH is 1. The lowest BCUT2D eigenvalue weighted by Gasteiger charge is -2.28.